The first-order valence-corrected chi connectivity index (χ1v) is 10.5. The Morgan fingerprint density at radius 3 is 2.11 bits per heavy atom. The summed E-state index contributed by atoms with van der Waals surface area (Å²) in [5, 5.41) is 37.2. The summed E-state index contributed by atoms with van der Waals surface area (Å²) in [6, 6.07) is 1.61. The number of amides is 3. The van der Waals surface area contributed by atoms with Crippen LogP contribution in [0.4, 0.5) is 9.18 Å². The summed E-state index contributed by atoms with van der Waals surface area (Å²) in [6.45, 7) is -0.150. The van der Waals surface area contributed by atoms with Crippen molar-refractivity contribution in [2.75, 3.05) is 13.2 Å². The van der Waals surface area contributed by atoms with Crippen molar-refractivity contribution in [2.24, 2.45) is 5.16 Å². The van der Waals surface area contributed by atoms with E-state index >= 15 is 0 Å². The summed E-state index contributed by atoms with van der Waals surface area (Å²) in [6.07, 6.45) is 1.15. The second-order valence-corrected chi connectivity index (χ2v) is 7.24. The van der Waals surface area contributed by atoms with Gasteiger partial charge in [-0.1, -0.05) is 17.3 Å². The smallest absolute Gasteiger partial charge is 0.326 e. The molecule has 0 aliphatic rings. The van der Waals surface area contributed by atoms with Gasteiger partial charge in [-0.15, -0.1) is 0 Å². The molecule has 1 rings (SSSR count). The van der Waals surface area contributed by atoms with Crippen molar-refractivity contribution < 1.29 is 48.5 Å². The van der Waals surface area contributed by atoms with Crippen LogP contribution in [-0.4, -0.2) is 76.6 Å². The fourth-order valence-electron chi connectivity index (χ4n) is 2.64. The lowest BCUT2D eigenvalue weighted by Crippen LogP contribution is -2.51. The van der Waals surface area contributed by atoms with Gasteiger partial charge in [0.25, 0.3) is 5.91 Å². The van der Waals surface area contributed by atoms with Crippen LogP contribution in [0.2, 0.25) is 0 Å². The zero-order chi connectivity index (χ0) is 26.2. The number of halogens is 1. The highest BCUT2D eigenvalue weighted by Crippen LogP contribution is 2.03. The monoisotopic (exact) mass is 497 g/mol. The van der Waals surface area contributed by atoms with E-state index in [0.717, 1.165) is 0 Å². The molecular formula is C21H27FN4O9. The van der Waals surface area contributed by atoms with Gasteiger partial charge in [0.15, 0.2) is 6.61 Å². The first-order chi connectivity index (χ1) is 16.6. The van der Waals surface area contributed by atoms with E-state index in [9.17, 15) is 33.5 Å². The fraction of sp³-hybridized carbons (Fsp3) is 0.429. The number of unbranched alkanes of at least 4 members (excludes halogenated alkanes) is 1. The van der Waals surface area contributed by atoms with Crippen LogP contribution in [0, 0.1) is 5.82 Å². The zero-order valence-electron chi connectivity index (χ0n) is 18.6. The third-order valence-electron chi connectivity index (χ3n) is 4.44. The topological polar surface area (TPSA) is 204 Å². The van der Waals surface area contributed by atoms with E-state index in [1.807, 2.05) is 5.32 Å². The van der Waals surface area contributed by atoms with Crippen LogP contribution in [0.1, 0.15) is 37.7 Å². The first-order valence-electron chi connectivity index (χ1n) is 10.5. The quantitative estimate of drug-likeness (QED) is 0.107. The third-order valence-corrected chi connectivity index (χ3v) is 4.44. The maximum atomic E-state index is 12.8. The highest BCUT2D eigenvalue weighted by molar-refractivity contribution is 5.86. The molecule has 0 fully saturated rings. The highest BCUT2D eigenvalue weighted by Gasteiger charge is 2.24. The van der Waals surface area contributed by atoms with Crippen molar-refractivity contribution in [1.82, 2.24) is 16.0 Å². The number of hydrogen-bond donors (Lipinski definition) is 6. The molecule has 1 aromatic rings. The van der Waals surface area contributed by atoms with Crippen molar-refractivity contribution in [3.63, 3.8) is 0 Å². The van der Waals surface area contributed by atoms with Gasteiger partial charge in [-0.2, -0.15) is 0 Å². The Labute approximate surface area is 199 Å². The average molecular weight is 497 g/mol. The van der Waals surface area contributed by atoms with Crippen molar-refractivity contribution in [1.29, 1.82) is 0 Å². The molecule has 6 N–H and O–H groups in total. The van der Waals surface area contributed by atoms with Crippen LogP contribution in [0.25, 0.3) is 0 Å². The molecule has 192 valence electrons. The Morgan fingerprint density at radius 1 is 0.943 bits per heavy atom. The minimum Gasteiger partial charge on any atom is -0.481 e. The molecule has 0 bridgehead atoms. The van der Waals surface area contributed by atoms with Crippen LogP contribution in [-0.2, 0) is 24.0 Å². The molecule has 0 aliphatic carbocycles. The van der Waals surface area contributed by atoms with Gasteiger partial charge in [0.05, 0.1) is 6.21 Å². The average Bonchev–Trinajstić information content (AvgIpc) is 2.79. The normalized spacial score (nSPS) is 12.4. The van der Waals surface area contributed by atoms with E-state index in [0.29, 0.717) is 18.4 Å². The largest absolute Gasteiger partial charge is 0.481 e. The second-order valence-electron chi connectivity index (χ2n) is 7.24. The molecular weight excluding hydrogens is 470 g/mol. The molecule has 3 amide bonds. The van der Waals surface area contributed by atoms with Crippen LogP contribution >= 0.6 is 0 Å². The Bertz CT molecular complexity index is 909. The van der Waals surface area contributed by atoms with Gasteiger partial charge < -0.3 is 36.1 Å². The van der Waals surface area contributed by atoms with Gasteiger partial charge >= 0.3 is 23.9 Å². The molecule has 0 saturated carbocycles. The molecule has 14 heteroatoms. The Morgan fingerprint density at radius 2 is 1.54 bits per heavy atom. The van der Waals surface area contributed by atoms with E-state index in [1.54, 1.807) is 0 Å². The molecule has 0 heterocycles. The molecule has 2 atom stereocenters. The number of urea groups is 1. The van der Waals surface area contributed by atoms with Crippen LogP contribution in [0.15, 0.2) is 29.4 Å². The van der Waals surface area contributed by atoms with Crippen molar-refractivity contribution in [3.8, 4) is 0 Å². The lowest BCUT2D eigenvalue weighted by molar-refractivity contribution is -0.140. The number of nitrogens with zero attached hydrogens (tertiary/aromatic N) is 1. The molecule has 0 aliphatic heterocycles. The van der Waals surface area contributed by atoms with E-state index in [4.69, 9.17) is 15.1 Å². The standard InChI is InChI=1S/C21H27FN4O9/c22-14-6-4-13(5-7-14)11-24-35-12-17(27)23-10-2-1-3-15(19(30)31)25-21(34)26-16(20(32)33)8-9-18(28)29/h4-7,11,15-16H,1-3,8-10,12H2,(H,23,27)(H,28,29)(H,30,31)(H,32,33)(H2,25,26,34)/b24-11+/i22-1. The molecule has 0 saturated heterocycles. The summed E-state index contributed by atoms with van der Waals surface area (Å²) in [4.78, 5) is 61.5. The SMILES string of the molecule is O=C(O)CCC(NC(=O)NC(CCCCNC(=O)CO/N=C/c1ccc([18F])cc1)C(=O)O)C(=O)O. The first kappa shape index (κ1) is 28.8. The van der Waals surface area contributed by atoms with Gasteiger partial charge in [0, 0.05) is 13.0 Å². The molecule has 0 aromatic heterocycles. The number of nitrogens with one attached hydrogen (secondary N) is 3. The minimum absolute atomic E-state index is 0.00392. The summed E-state index contributed by atoms with van der Waals surface area (Å²) in [5.41, 5.74) is 0.584. The molecule has 1 aromatic carbocycles. The predicted molar refractivity (Wildman–Crippen MR) is 118 cm³/mol. The number of carboxylic acids is 3. The number of aliphatic carboxylic acids is 3. The number of carbonyl (C=O) groups excluding carboxylic acids is 2. The van der Waals surface area contributed by atoms with Gasteiger partial charge in [-0.05, 0) is 43.4 Å². The van der Waals surface area contributed by atoms with Crippen molar-refractivity contribution in [2.45, 2.75) is 44.2 Å². The number of benzene rings is 1. The van der Waals surface area contributed by atoms with Gasteiger partial charge in [0.1, 0.15) is 17.9 Å². The number of carbonyl (C=O) groups is 5. The molecule has 13 nitrogen and oxygen atoms in total. The predicted octanol–water partition coefficient (Wildman–Crippen LogP) is 0.533. The van der Waals surface area contributed by atoms with Crippen LogP contribution in [0.3, 0.4) is 0 Å². The Balaban J connectivity index is 2.29. The summed E-state index contributed by atoms with van der Waals surface area (Å²) < 4.78 is 12.8. The van der Waals surface area contributed by atoms with E-state index in [1.165, 1.54) is 30.5 Å². The van der Waals surface area contributed by atoms with Crippen molar-refractivity contribution >= 4 is 36.1 Å². The maximum absolute atomic E-state index is 12.8. The number of rotatable bonds is 16. The van der Waals surface area contributed by atoms with E-state index in [2.05, 4.69) is 15.8 Å². The lowest BCUT2D eigenvalue weighted by atomic mass is 10.1. The Kier molecular flexibility index (Phi) is 12.8. The number of oxime groups is 1. The van der Waals surface area contributed by atoms with Crippen molar-refractivity contribution in [3.05, 3.63) is 35.6 Å². The van der Waals surface area contributed by atoms with E-state index in [-0.39, 0.29) is 26.0 Å². The fourth-order valence-corrected chi connectivity index (χ4v) is 2.64. The zero-order valence-corrected chi connectivity index (χ0v) is 18.6. The van der Waals surface area contributed by atoms with Crippen LogP contribution in [0.5, 0.6) is 0 Å². The minimum atomic E-state index is -1.49. The summed E-state index contributed by atoms with van der Waals surface area (Å²) >= 11 is 0. The number of hydrogen-bond acceptors (Lipinski definition) is 7. The Hall–Kier alpha value is -4.23. The van der Waals surface area contributed by atoms with Gasteiger partial charge in [-0.25, -0.2) is 18.8 Å². The lowest BCUT2D eigenvalue weighted by Gasteiger charge is -2.18. The highest BCUT2D eigenvalue weighted by atomic mass is 18.2. The number of carboxylic acid groups (broad SMARTS) is 3. The maximum Gasteiger partial charge on any atom is 0.326 e. The second kappa shape index (κ2) is 15.6. The van der Waals surface area contributed by atoms with E-state index < -0.39 is 54.2 Å². The molecule has 0 radical (unpaired) electrons. The summed E-state index contributed by atoms with van der Waals surface area (Å²) in [5.74, 6) is -4.88. The van der Waals surface area contributed by atoms with Gasteiger partial charge in [0.2, 0.25) is 0 Å². The molecule has 2 unspecified atom stereocenters. The third kappa shape index (κ3) is 13.2. The summed E-state index contributed by atoms with van der Waals surface area (Å²) in [7, 11) is 0. The molecule has 0 spiro atoms. The molecule has 35 heavy (non-hydrogen) atoms. The van der Waals surface area contributed by atoms with Gasteiger partial charge in [-0.3, -0.25) is 9.59 Å². The van der Waals surface area contributed by atoms with Crippen LogP contribution < -0.4 is 16.0 Å².